The van der Waals surface area contributed by atoms with Gasteiger partial charge in [-0.05, 0) is 47.0 Å². The van der Waals surface area contributed by atoms with Crippen molar-refractivity contribution in [1.82, 2.24) is 30.3 Å². The summed E-state index contributed by atoms with van der Waals surface area (Å²) in [6, 6.07) is 0.0657. The standard InChI is InChI=1S/C21H37N7O2.HI/c1-5-22-19(27-14-11-16(15-27)24-20(29)30-21(2,3)4)23-12-10-18-26-25-17-9-7-6-8-13-28(17)18;/h16H,5-15H2,1-4H3,(H,22,23)(H,24,29);1H. The maximum absolute atomic E-state index is 12.0. The molecule has 1 fully saturated rings. The predicted octanol–water partition coefficient (Wildman–Crippen LogP) is 2.73. The molecular weight excluding hydrogens is 509 g/mol. The molecule has 1 aromatic rings. The molecule has 0 saturated carbocycles. The Bertz CT molecular complexity index is 745. The van der Waals surface area contributed by atoms with E-state index in [1.165, 1.54) is 19.3 Å². The molecule has 3 rings (SSSR count). The highest BCUT2D eigenvalue weighted by Gasteiger charge is 2.28. The van der Waals surface area contributed by atoms with Crippen molar-refractivity contribution < 1.29 is 9.53 Å². The number of nitrogens with zero attached hydrogens (tertiary/aromatic N) is 5. The summed E-state index contributed by atoms with van der Waals surface area (Å²) in [5.41, 5.74) is -0.487. The van der Waals surface area contributed by atoms with Crippen molar-refractivity contribution in [2.24, 2.45) is 4.99 Å². The Hall–Kier alpha value is -1.59. The number of carbonyl (C=O) groups excluding carboxylic acids is 1. The lowest BCUT2D eigenvalue weighted by molar-refractivity contribution is 0.0507. The third-order valence-electron chi connectivity index (χ3n) is 5.33. The molecule has 1 atom stereocenters. The van der Waals surface area contributed by atoms with Crippen LogP contribution in [0.4, 0.5) is 4.79 Å². The Morgan fingerprint density at radius 3 is 2.77 bits per heavy atom. The van der Waals surface area contributed by atoms with Crippen molar-refractivity contribution in [2.75, 3.05) is 26.2 Å². The van der Waals surface area contributed by atoms with Gasteiger partial charge >= 0.3 is 6.09 Å². The van der Waals surface area contributed by atoms with Crippen molar-refractivity contribution in [1.29, 1.82) is 0 Å². The summed E-state index contributed by atoms with van der Waals surface area (Å²) in [5.74, 6) is 3.05. The molecule has 0 aliphatic carbocycles. The number of fused-ring (bicyclic) bond motifs is 1. The maximum atomic E-state index is 12.0. The topological polar surface area (TPSA) is 96.7 Å². The van der Waals surface area contributed by atoms with E-state index in [9.17, 15) is 4.79 Å². The summed E-state index contributed by atoms with van der Waals surface area (Å²) in [6.45, 7) is 11.8. The van der Waals surface area contributed by atoms with E-state index in [2.05, 4.69) is 37.2 Å². The van der Waals surface area contributed by atoms with Gasteiger partial charge in [0.05, 0.1) is 6.04 Å². The molecule has 2 aliphatic heterocycles. The zero-order valence-corrected chi connectivity index (χ0v) is 21.6. The van der Waals surface area contributed by atoms with Gasteiger partial charge in [-0.15, -0.1) is 34.2 Å². The van der Waals surface area contributed by atoms with Crippen LogP contribution in [0.25, 0.3) is 0 Å². The van der Waals surface area contributed by atoms with E-state index in [0.29, 0.717) is 6.54 Å². The SMILES string of the molecule is CCNC(=NCCc1nnc2n1CCCCC2)N1CCC(NC(=O)OC(C)(C)C)C1.I. The second-order valence-corrected chi connectivity index (χ2v) is 9.06. The van der Waals surface area contributed by atoms with Gasteiger partial charge in [-0.3, -0.25) is 4.99 Å². The second-order valence-electron chi connectivity index (χ2n) is 9.06. The van der Waals surface area contributed by atoms with Crippen LogP contribution in [0.5, 0.6) is 0 Å². The second kappa shape index (κ2) is 11.9. The third-order valence-corrected chi connectivity index (χ3v) is 5.33. The molecule has 1 amide bonds. The van der Waals surface area contributed by atoms with E-state index < -0.39 is 5.60 Å². The van der Waals surface area contributed by atoms with Crippen molar-refractivity contribution in [3.8, 4) is 0 Å². The van der Waals surface area contributed by atoms with Crippen LogP contribution in [0.2, 0.25) is 0 Å². The lowest BCUT2D eigenvalue weighted by Crippen LogP contribution is -2.44. The highest BCUT2D eigenvalue weighted by Crippen LogP contribution is 2.15. The van der Waals surface area contributed by atoms with Gasteiger partial charge < -0.3 is 24.8 Å². The van der Waals surface area contributed by atoms with Gasteiger partial charge in [-0.2, -0.15) is 0 Å². The number of hydrogen-bond donors (Lipinski definition) is 2. The molecule has 31 heavy (non-hydrogen) atoms. The van der Waals surface area contributed by atoms with Crippen LogP contribution in [-0.2, 0) is 24.1 Å². The number of aryl methyl sites for hydroxylation is 1. The van der Waals surface area contributed by atoms with Gasteiger partial charge in [0.25, 0.3) is 0 Å². The fourth-order valence-electron chi connectivity index (χ4n) is 3.96. The summed E-state index contributed by atoms with van der Waals surface area (Å²) < 4.78 is 7.66. The molecular formula is C21H38IN7O2. The number of hydrogen-bond acceptors (Lipinski definition) is 5. The van der Waals surface area contributed by atoms with Crippen LogP contribution in [0.1, 0.15) is 65.0 Å². The minimum atomic E-state index is -0.487. The summed E-state index contributed by atoms with van der Waals surface area (Å²) in [5, 5.41) is 15.1. The van der Waals surface area contributed by atoms with Crippen molar-refractivity contribution in [2.45, 2.75) is 84.4 Å². The van der Waals surface area contributed by atoms with Crippen molar-refractivity contribution in [3.05, 3.63) is 11.6 Å². The minimum Gasteiger partial charge on any atom is -0.444 e. The monoisotopic (exact) mass is 547 g/mol. The number of alkyl carbamates (subject to hydrolysis) is 1. The van der Waals surface area contributed by atoms with Crippen molar-refractivity contribution >= 4 is 36.0 Å². The fraction of sp³-hybridized carbons (Fsp3) is 0.810. The van der Waals surface area contributed by atoms with E-state index in [4.69, 9.17) is 9.73 Å². The third kappa shape index (κ3) is 7.80. The Morgan fingerprint density at radius 1 is 1.23 bits per heavy atom. The van der Waals surface area contributed by atoms with E-state index in [0.717, 1.165) is 63.0 Å². The van der Waals surface area contributed by atoms with Gasteiger partial charge in [0.15, 0.2) is 5.96 Å². The van der Waals surface area contributed by atoms with Gasteiger partial charge in [-0.25, -0.2) is 4.79 Å². The van der Waals surface area contributed by atoms with Crippen LogP contribution >= 0.6 is 24.0 Å². The first-order valence-corrected chi connectivity index (χ1v) is 11.3. The molecule has 1 unspecified atom stereocenters. The first-order chi connectivity index (χ1) is 14.4. The summed E-state index contributed by atoms with van der Waals surface area (Å²) in [4.78, 5) is 19.1. The molecule has 10 heteroatoms. The number of guanidine groups is 1. The normalized spacial score (nSPS) is 19.3. The lowest BCUT2D eigenvalue weighted by atomic mass is 10.2. The first kappa shape index (κ1) is 25.7. The molecule has 176 valence electrons. The van der Waals surface area contributed by atoms with Gasteiger partial charge in [0.1, 0.15) is 17.2 Å². The summed E-state index contributed by atoms with van der Waals surface area (Å²) in [7, 11) is 0. The van der Waals surface area contributed by atoms with E-state index in [1.807, 2.05) is 20.8 Å². The largest absolute Gasteiger partial charge is 0.444 e. The number of aromatic nitrogens is 3. The number of nitrogens with one attached hydrogen (secondary N) is 2. The summed E-state index contributed by atoms with van der Waals surface area (Å²) >= 11 is 0. The van der Waals surface area contributed by atoms with E-state index in [-0.39, 0.29) is 36.1 Å². The number of likely N-dealkylation sites (tertiary alicyclic amines) is 1. The quantitative estimate of drug-likeness (QED) is 0.335. The number of amides is 1. The first-order valence-electron chi connectivity index (χ1n) is 11.3. The molecule has 1 saturated heterocycles. The predicted molar refractivity (Wildman–Crippen MR) is 132 cm³/mol. The summed E-state index contributed by atoms with van der Waals surface area (Å²) in [6.07, 6.45) is 6.00. The number of carbonyl (C=O) groups is 1. The molecule has 0 aromatic carbocycles. The fourth-order valence-corrected chi connectivity index (χ4v) is 3.96. The van der Waals surface area contributed by atoms with Gasteiger partial charge in [-0.1, -0.05) is 6.42 Å². The molecule has 2 N–H and O–H groups in total. The molecule has 0 spiro atoms. The molecule has 2 aliphatic rings. The lowest BCUT2D eigenvalue weighted by Gasteiger charge is -2.23. The Balaban J connectivity index is 0.00000341. The zero-order chi connectivity index (χ0) is 21.6. The van der Waals surface area contributed by atoms with Crippen LogP contribution in [0, 0.1) is 0 Å². The molecule has 9 nitrogen and oxygen atoms in total. The number of halogens is 1. The Morgan fingerprint density at radius 2 is 2.03 bits per heavy atom. The maximum Gasteiger partial charge on any atom is 0.407 e. The van der Waals surface area contributed by atoms with Crippen LogP contribution in [0.3, 0.4) is 0 Å². The van der Waals surface area contributed by atoms with Crippen LogP contribution < -0.4 is 10.6 Å². The molecule has 3 heterocycles. The number of ether oxygens (including phenoxy) is 1. The van der Waals surface area contributed by atoms with Gasteiger partial charge in [0.2, 0.25) is 0 Å². The Labute approximate surface area is 202 Å². The average Bonchev–Trinajstić information content (AvgIpc) is 3.20. The minimum absolute atomic E-state index is 0. The zero-order valence-electron chi connectivity index (χ0n) is 19.3. The Kier molecular flexibility index (Phi) is 9.83. The highest BCUT2D eigenvalue weighted by atomic mass is 127. The number of rotatable bonds is 5. The van der Waals surface area contributed by atoms with Crippen molar-refractivity contribution in [3.63, 3.8) is 0 Å². The van der Waals surface area contributed by atoms with Crippen LogP contribution in [-0.4, -0.2) is 69.5 Å². The van der Waals surface area contributed by atoms with Crippen LogP contribution in [0.15, 0.2) is 4.99 Å². The molecule has 1 aromatic heterocycles. The number of aliphatic imine (C=N–C) groups is 1. The highest BCUT2D eigenvalue weighted by molar-refractivity contribution is 14.0. The molecule has 0 radical (unpaired) electrons. The molecule has 0 bridgehead atoms. The van der Waals surface area contributed by atoms with E-state index in [1.54, 1.807) is 0 Å². The van der Waals surface area contributed by atoms with Gasteiger partial charge in [0, 0.05) is 45.6 Å². The van der Waals surface area contributed by atoms with E-state index >= 15 is 0 Å². The smallest absolute Gasteiger partial charge is 0.407 e. The average molecular weight is 547 g/mol.